The lowest BCUT2D eigenvalue weighted by molar-refractivity contribution is 0.565. The van der Waals surface area contributed by atoms with E-state index in [-0.39, 0.29) is 0 Å². The zero-order valence-electron chi connectivity index (χ0n) is 10.9. The van der Waals surface area contributed by atoms with Crippen molar-refractivity contribution in [3.8, 4) is 0 Å². The van der Waals surface area contributed by atoms with Crippen molar-refractivity contribution in [2.75, 3.05) is 12.3 Å². The Kier molecular flexibility index (Phi) is 4.15. The molecule has 0 aromatic carbocycles. The molecule has 2 aromatic rings. The van der Waals surface area contributed by atoms with Gasteiger partial charge in [-0.05, 0) is 47.2 Å². The first-order valence-corrected chi connectivity index (χ1v) is 8.35. The van der Waals surface area contributed by atoms with Gasteiger partial charge >= 0.3 is 0 Å². The van der Waals surface area contributed by atoms with Gasteiger partial charge in [0, 0.05) is 23.7 Å². The summed E-state index contributed by atoms with van der Waals surface area (Å²) in [5.74, 6) is 0.998. The second-order valence-corrected chi connectivity index (χ2v) is 6.75. The van der Waals surface area contributed by atoms with Crippen LogP contribution in [-0.2, 0) is 6.54 Å². The molecule has 19 heavy (non-hydrogen) atoms. The van der Waals surface area contributed by atoms with E-state index < -0.39 is 0 Å². The van der Waals surface area contributed by atoms with Crippen LogP contribution < -0.4 is 5.32 Å². The third-order valence-corrected chi connectivity index (χ3v) is 5.08. The molecule has 3 rings (SSSR count). The second-order valence-electron chi connectivity index (χ2n) is 4.69. The molecule has 0 bridgehead atoms. The van der Waals surface area contributed by atoms with Gasteiger partial charge in [-0.3, -0.25) is 0 Å². The summed E-state index contributed by atoms with van der Waals surface area (Å²) in [6, 6.07) is 2.72. The SMILES string of the molecule is Cc1ccsc1CNCCSc1nnnn1C1CC1. The van der Waals surface area contributed by atoms with Gasteiger partial charge < -0.3 is 5.32 Å². The van der Waals surface area contributed by atoms with Gasteiger partial charge in [-0.15, -0.1) is 16.4 Å². The van der Waals surface area contributed by atoms with Crippen LogP contribution in [-0.4, -0.2) is 32.5 Å². The molecule has 0 unspecified atom stereocenters. The van der Waals surface area contributed by atoms with Gasteiger partial charge in [-0.25, -0.2) is 4.68 Å². The van der Waals surface area contributed by atoms with E-state index in [0.717, 1.165) is 24.0 Å². The van der Waals surface area contributed by atoms with Gasteiger partial charge in [0.05, 0.1) is 6.04 Å². The average molecular weight is 295 g/mol. The van der Waals surface area contributed by atoms with Crippen molar-refractivity contribution in [1.29, 1.82) is 0 Å². The van der Waals surface area contributed by atoms with Crippen LogP contribution in [0.25, 0.3) is 0 Å². The van der Waals surface area contributed by atoms with Crippen molar-refractivity contribution in [1.82, 2.24) is 25.5 Å². The largest absolute Gasteiger partial charge is 0.311 e. The van der Waals surface area contributed by atoms with Crippen molar-refractivity contribution in [2.24, 2.45) is 0 Å². The highest BCUT2D eigenvalue weighted by Gasteiger charge is 2.27. The van der Waals surface area contributed by atoms with Crippen molar-refractivity contribution < 1.29 is 0 Å². The molecule has 2 aromatic heterocycles. The van der Waals surface area contributed by atoms with Gasteiger partial charge in [-0.2, -0.15) is 0 Å². The molecule has 1 aliphatic carbocycles. The summed E-state index contributed by atoms with van der Waals surface area (Å²) in [6.07, 6.45) is 2.43. The number of rotatable bonds is 7. The summed E-state index contributed by atoms with van der Waals surface area (Å²) in [5.41, 5.74) is 1.38. The Morgan fingerprint density at radius 2 is 2.42 bits per heavy atom. The number of hydrogen-bond donors (Lipinski definition) is 1. The number of nitrogens with zero attached hydrogens (tertiary/aromatic N) is 4. The Morgan fingerprint density at radius 3 is 3.16 bits per heavy atom. The lowest BCUT2D eigenvalue weighted by Crippen LogP contribution is -2.16. The monoisotopic (exact) mass is 295 g/mol. The zero-order valence-corrected chi connectivity index (χ0v) is 12.5. The molecule has 5 nitrogen and oxygen atoms in total. The fourth-order valence-electron chi connectivity index (χ4n) is 1.83. The molecule has 1 fully saturated rings. The Labute approximate surface area is 120 Å². The highest BCUT2D eigenvalue weighted by atomic mass is 32.2. The molecule has 0 saturated heterocycles. The first kappa shape index (κ1) is 13.1. The number of nitrogens with one attached hydrogen (secondary N) is 1. The maximum atomic E-state index is 4.08. The van der Waals surface area contributed by atoms with Gasteiger partial charge in [0.1, 0.15) is 0 Å². The first-order valence-electron chi connectivity index (χ1n) is 6.49. The summed E-state index contributed by atoms with van der Waals surface area (Å²) < 4.78 is 1.97. The highest BCUT2D eigenvalue weighted by molar-refractivity contribution is 7.99. The number of thioether (sulfide) groups is 1. The number of thiophene rings is 1. The summed E-state index contributed by atoms with van der Waals surface area (Å²) in [6.45, 7) is 4.09. The van der Waals surface area contributed by atoms with Crippen LogP contribution in [0.1, 0.15) is 29.3 Å². The number of hydrogen-bond acceptors (Lipinski definition) is 6. The normalized spacial score (nSPS) is 15.0. The van der Waals surface area contributed by atoms with Gasteiger partial charge in [0.25, 0.3) is 0 Å². The molecule has 2 heterocycles. The van der Waals surface area contributed by atoms with Crippen LogP contribution >= 0.6 is 23.1 Å². The van der Waals surface area contributed by atoms with E-state index in [1.807, 2.05) is 16.0 Å². The lowest BCUT2D eigenvalue weighted by Gasteiger charge is -2.04. The molecule has 0 amide bonds. The summed E-state index contributed by atoms with van der Waals surface area (Å²) >= 11 is 3.55. The minimum Gasteiger partial charge on any atom is -0.311 e. The van der Waals surface area contributed by atoms with Crippen molar-refractivity contribution >= 4 is 23.1 Å². The lowest BCUT2D eigenvalue weighted by atomic mass is 10.3. The van der Waals surface area contributed by atoms with Crippen LogP contribution in [0, 0.1) is 6.92 Å². The Hall–Kier alpha value is -0.920. The van der Waals surface area contributed by atoms with Crippen LogP contribution in [0.4, 0.5) is 0 Å². The predicted octanol–water partition coefficient (Wildman–Crippen LogP) is 2.26. The minimum atomic E-state index is 0.555. The summed E-state index contributed by atoms with van der Waals surface area (Å²) in [4.78, 5) is 1.42. The summed E-state index contributed by atoms with van der Waals surface area (Å²) in [7, 11) is 0. The topological polar surface area (TPSA) is 55.6 Å². The standard InChI is InChI=1S/C12H17N5S2/c1-9-4-6-18-11(9)8-13-5-7-19-12-14-15-16-17(12)10-2-3-10/h4,6,10,13H,2-3,5,7-8H2,1H3. The molecular weight excluding hydrogens is 278 g/mol. The van der Waals surface area contributed by atoms with E-state index in [1.54, 1.807) is 11.8 Å². The van der Waals surface area contributed by atoms with Crippen LogP contribution in [0.3, 0.4) is 0 Å². The molecule has 0 radical (unpaired) electrons. The Balaban J connectivity index is 1.39. The Morgan fingerprint density at radius 1 is 1.53 bits per heavy atom. The molecule has 1 N–H and O–H groups in total. The fourth-order valence-corrected chi connectivity index (χ4v) is 3.55. The molecule has 7 heteroatoms. The number of tetrazole rings is 1. The number of aryl methyl sites for hydroxylation is 1. The van der Waals surface area contributed by atoms with Crippen LogP contribution in [0.15, 0.2) is 16.6 Å². The maximum Gasteiger partial charge on any atom is 0.209 e. The van der Waals surface area contributed by atoms with E-state index in [9.17, 15) is 0 Å². The maximum absolute atomic E-state index is 4.08. The van der Waals surface area contributed by atoms with Crippen molar-refractivity contribution in [3.05, 3.63) is 21.9 Å². The van der Waals surface area contributed by atoms with Crippen molar-refractivity contribution in [2.45, 2.75) is 37.5 Å². The third-order valence-electron chi connectivity index (χ3n) is 3.12. The molecule has 102 valence electrons. The zero-order chi connectivity index (χ0) is 13.1. The van der Waals surface area contributed by atoms with Gasteiger partial charge in [0.2, 0.25) is 5.16 Å². The third kappa shape index (κ3) is 3.34. The van der Waals surface area contributed by atoms with Gasteiger partial charge in [0.15, 0.2) is 0 Å². The van der Waals surface area contributed by atoms with E-state index in [1.165, 1.54) is 23.3 Å². The molecule has 0 spiro atoms. The van der Waals surface area contributed by atoms with Gasteiger partial charge in [-0.1, -0.05) is 11.8 Å². The smallest absolute Gasteiger partial charge is 0.209 e. The van der Waals surface area contributed by atoms with Crippen molar-refractivity contribution in [3.63, 3.8) is 0 Å². The quantitative estimate of drug-likeness (QED) is 0.627. The van der Waals surface area contributed by atoms with Crippen LogP contribution in [0.2, 0.25) is 0 Å². The molecule has 0 atom stereocenters. The fraction of sp³-hybridized carbons (Fsp3) is 0.583. The molecular formula is C12H17N5S2. The predicted molar refractivity (Wildman–Crippen MR) is 77.6 cm³/mol. The first-order chi connectivity index (χ1) is 9.34. The molecule has 1 saturated carbocycles. The Bertz CT molecular complexity index is 532. The van der Waals surface area contributed by atoms with E-state index >= 15 is 0 Å². The minimum absolute atomic E-state index is 0.555. The van der Waals surface area contributed by atoms with E-state index in [2.05, 4.69) is 39.2 Å². The molecule has 1 aliphatic rings. The van der Waals surface area contributed by atoms with E-state index in [0.29, 0.717) is 6.04 Å². The number of aromatic nitrogens is 4. The second kappa shape index (κ2) is 6.02. The molecule has 0 aliphatic heterocycles. The summed E-state index contributed by atoms with van der Waals surface area (Å²) in [5, 5.41) is 18.4. The highest BCUT2D eigenvalue weighted by Crippen LogP contribution is 2.36. The van der Waals surface area contributed by atoms with Crippen LogP contribution in [0.5, 0.6) is 0 Å². The average Bonchev–Trinajstić information content (AvgIpc) is 3.01. The van der Waals surface area contributed by atoms with E-state index in [4.69, 9.17) is 0 Å².